The van der Waals surface area contributed by atoms with Gasteiger partial charge in [0.25, 0.3) is 0 Å². The van der Waals surface area contributed by atoms with E-state index in [-0.39, 0.29) is 11.4 Å². The summed E-state index contributed by atoms with van der Waals surface area (Å²) in [6.45, 7) is 0.684. The van der Waals surface area contributed by atoms with Crippen LogP contribution in [0.2, 0.25) is 0 Å². The summed E-state index contributed by atoms with van der Waals surface area (Å²) >= 11 is 0. The largest absolute Gasteiger partial charge is 0.486 e. The van der Waals surface area contributed by atoms with Crippen LogP contribution in [0.25, 0.3) is 10.8 Å². The van der Waals surface area contributed by atoms with Crippen LogP contribution in [0, 0.1) is 0 Å². The lowest BCUT2D eigenvalue weighted by Gasteiger charge is -2.19. The Balaban J connectivity index is 1.53. The van der Waals surface area contributed by atoms with E-state index >= 15 is 0 Å². The molecule has 0 spiro atoms. The van der Waals surface area contributed by atoms with E-state index in [1.54, 1.807) is 12.1 Å². The number of ether oxygens (including phenoxy) is 2. The van der Waals surface area contributed by atoms with Gasteiger partial charge in [-0.05, 0) is 28.5 Å². The van der Waals surface area contributed by atoms with Gasteiger partial charge >= 0.3 is 0 Å². The molecule has 1 aliphatic rings. The molecule has 0 unspecified atom stereocenters. The molecule has 0 radical (unpaired) electrons. The first kappa shape index (κ1) is 17.8. The normalized spacial score (nSPS) is 14.9. The van der Waals surface area contributed by atoms with Crippen LogP contribution in [0.1, 0.15) is 11.7 Å². The number of rotatable bonds is 5. The van der Waals surface area contributed by atoms with Crippen molar-refractivity contribution in [2.45, 2.75) is 11.0 Å². The van der Waals surface area contributed by atoms with E-state index in [0.717, 1.165) is 10.8 Å². The fraction of sp³-hybridized carbons (Fsp3) is 0.200. The second kappa shape index (κ2) is 7.19. The summed E-state index contributed by atoms with van der Waals surface area (Å²) in [7, 11) is -3.80. The predicted molar refractivity (Wildman–Crippen MR) is 102 cm³/mol. The molecule has 140 valence electrons. The number of hydrogen-bond acceptors (Lipinski definition) is 5. The molecule has 0 saturated carbocycles. The Labute approximate surface area is 157 Å². The first-order valence-corrected chi connectivity index (χ1v) is 10.1. The van der Waals surface area contributed by atoms with Crippen molar-refractivity contribution in [1.82, 2.24) is 4.72 Å². The molecule has 27 heavy (non-hydrogen) atoms. The number of hydrogen-bond donors (Lipinski definition) is 2. The highest BCUT2D eigenvalue weighted by Crippen LogP contribution is 2.32. The summed E-state index contributed by atoms with van der Waals surface area (Å²) in [5, 5.41) is 12.4. The summed E-state index contributed by atoms with van der Waals surface area (Å²) in [6.07, 6.45) is -0.969. The lowest BCUT2D eigenvalue weighted by molar-refractivity contribution is 0.171. The van der Waals surface area contributed by atoms with Crippen LogP contribution in [0.3, 0.4) is 0 Å². The molecule has 0 amide bonds. The van der Waals surface area contributed by atoms with Gasteiger partial charge in [-0.3, -0.25) is 0 Å². The molecular weight excluding hydrogens is 366 g/mol. The average Bonchev–Trinajstić information content (AvgIpc) is 2.71. The van der Waals surface area contributed by atoms with Crippen molar-refractivity contribution in [3.8, 4) is 11.5 Å². The van der Waals surface area contributed by atoms with E-state index < -0.39 is 16.1 Å². The van der Waals surface area contributed by atoms with Crippen LogP contribution < -0.4 is 14.2 Å². The average molecular weight is 385 g/mol. The van der Waals surface area contributed by atoms with E-state index in [2.05, 4.69) is 4.72 Å². The fourth-order valence-corrected chi connectivity index (χ4v) is 4.17. The Morgan fingerprint density at radius 1 is 0.963 bits per heavy atom. The zero-order valence-electron chi connectivity index (χ0n) is 14.5. The number of nitrogens with one attached hydrogen (secondary N) is 1. The molecule has 0 fully saturated rings. The van der Waals surface area contributed by atoms with Gasteiger partial charge in [0.15, 0.2) is 11.5 Å². The Kier molecular flexibility index (Phi) is 4.73. The highest BCUT2D eigenvalue weighted by atomic mass is 32.2. The van der Waals surface area contributed by atoms with E-state index in [4.69, 9.17) is 9.47 Å². The van der Waals surface area contributed by atoms with Crippen LogP contribution >= 0.6 is 0 Å². The van der Waals surface area contributed by atoms with E-state index in [9.17, 15) is 13.5 Å². The maximum atomic E-state index is 12.6. The minimum Gasteiger partial charge on any atom is -0.486 e. The van der Waals surface area contributed by atoms with Crippen molar-refractivity contribution >= 4 is 20.8 Å². The van der Waals surface area contributed by atoms with Crippen molar-refractivity contribution in [2.24, 2.45) is 0 Å². The van der Waals surface area contributed by atoms with E-state index in [0.29, 0.717) is 30.3 Å². The molecule has 3 aromatic rings. The van der Waals surface area contributed by atoms with Gasteiger partial charge in [-0.15, -0.1) is 0 Å². The topological polar surface area (TPSA) is 84.9 Å². The van der Waals surface area contributed by atoms with Gasteiger partial charge in [-0.1, -0.05) is 42.5 Å². The maximum Gasteiger partial charge on any atom is 0.240 e. The Morgan fingerprint density at radius 3 is 2.56 bits per heavy atom. The molecule has 1 atom stereocenters. The third-order valence-electron chi connectivity index (χ3n) is 4.47. The highest BCUT2D eigenvalue weighted by Gasteiger charge is 2.21. The first-order chi connectivity index (χ1) is 13.0. The first-order valence-electron chi connectivity index (χ1n) is 8.60. The van der Waals surface area contributed by atoms with Gasteiger partial charge in [-0.25, -0.2) is 13.1 Å². The Hall–Kier alpha value is -2.61. The van der Waals surface area contributed by atoms with Gasteiger partial charge in [0, 0.05) is 12.6 Å². The van der Waals surface area contributed by atoms with Crippen molar-refractivity contribution < 1.29 is 23.0 Å². The Morgan fingerprint density at radius 2 is 1.70 bits per heavy atom. The molecule has 1 aliphatic heterocycles. The summed E-state index contributed by atoms with van der Waals surface area (Å²) in [6, 6.07) is 17.7. The van der Waals surface area contributed by atoms with Crippen LogP contribution in [0.15, 0.2) is 65.6 Å². The smallest absolute Gasteiger partial charge is 0.240 e. The Bertz CT molecular complexity index is 1080. The molecule has 6 nitrogen and oxygen atoms in total. The number of sulfonamides is 1. The molecule has 0 bridgehead atoms. The van der Waals surface area contributed by atoms with E-state index in [1.807, 2.05) is 36.4 Å². The van der Waals surface area contributed by atoms with Crippen molar-refractivity contribution in [3.05, 3.63) is 66.2 Å². The third kappa shape index (κ3) is 3.62. The fourth-order valence-electron chi connectivity index (χ4n) is 3.11. The van der Waals surface area contributed by atoms with Gasteiger partial charge < -0.3 is 14.6 Å². The quantitative estimate of drug-likeness (QED) is 0.705. The number of benzene rings is 3. The molecule has 3 aromatic carbocycles. The van der Waals surface area contributed by atoms with Crippen LogP contribution in [-0.4, -0.2) is 33.3 Å². The summed E-state index contributed by atoms with van der Waals surface area (Å²) in [4.78, 5) is 0.0665. The van der Waals surface area contributed by atoms with E-state index in [1.165, 1.54) is 12.1 Å². The maximum absolute atomic E-state index is 12.6. The molecule has 0 aliphatic carbocycles. The predicted octanol–water partition coefficient (Wildman–Crippen LogP) is 2.62. The van der Waals surface area contributed by atoms with Crippen molar-refractivity contribution in [3.63, 3.8) is 0 Å². The van der Waals surface area contributed by atoms with Gasteiger partial charge in [0.05, 0.1) is 11.0 Å². The minimum absolute atomic E-state index is 0.0665. The molecule has 0 aromatic heterocycles. The van der Waals surface area contributed by atoms with Crippen molar-refractivity contribution in [2.75, 3.05) is 19.8 Å². The number of aliphatic hydroxyl groups is 1. The lowest BCUT2D eigenvalue weighted by atomic mass is 10.0. The zero-order valence-corrected chi connectivity index (χ0v) is 15.3. The van der Waals surface area contributed by atoms with Gasteiger partial charge in [-0.2, -0.15) is 0 Å². The summed E-state index contributed by atoms with van der Waals surface area (Å²) < 4.78 is 38.5. The minimum atomic E-state index is -3.80. The SMILES string of the molecule is O=S(=O)(NC[C@H](O)c1cccc2ccccc12)c1ccc2c(c1)OCCO2. The van der Waals surface area contributed by atoms with Crippen LogP contribution in [0.5, 0.6) is 11.5 Å². The number of fused-ring (bicyclic) bond motifs is 2. The third-order valence-corrected chi connectivity index (χ3v) is 5.89. The monoisotopic (exact) mass is 385 g/mol. The van der Waals surface area contributed by atoms with Gasteiger partial charge in [0.2, 0.25) is 10.0 Å². The van der Waals surface area contributed by atoms with Gasteiger partial charge in [0.1, 0.15) is 13.2 Å². The standard InChI is InChI=1S/C20H19NO5S/c22-18(17-7-3-5-14-4-1-2-6-16(14)17)13-21-27(23,24)15-8-9-19-20(12-15)26-11-10-25-19/h1-9,12,18,21-22H,10-11,13H2/t18-/m0/s1. The zero-order chi connectivity index (χ0) is 18.9. The van der Waals surface area contributed by atoms with Crippen LogP contribution in [0.4, 0.5) is 0 Å². The second-order valence-electron chi connectivity index (χ2n) is 6.24. The second-order valence-corrected chi connectivity index (χ2v) is 8.01. The highest BCUT2D eigenvalue weighted by molar-refractivity contribution is 7.89. The molecule has 4 rings (SSSR count). The molecular formula is C20H19NO5S. The summed E-state index contributed by atoms with van der Waals surface area (Å²) in [5.41, 5.74) is 0.679. The molecule has 0 saturated heterocycles. The van der Waals surface area contributed by atoms with Crippen LogP contribution in [-0.2, 0) is 10.0 Å². The molecule has 7 heteroatoms. The molecule has 1 heterocycles. The molecule has 2 N–H and O–H groups in total. The van der Waals surface area contributed by atoms with Crippen molar-refractivity contribution in [1.29, 1.82) is 0 Å². The summed E-state index contributed by atoms with van der Waals surface area (Å²) in [5.74, 6) is 0.926. The lowest BCUT2D eigenvalue weighted by Crippen LogP contribution is -2.28. The number of aliphatic hydroxyl groups excluding tert-OH is 1.